The van der Waals surface area contributed by atoms with Crippen LogP contribution in [0.15, 0.2) is 54.6 Å². The minimum absolute atomic E-state index is 0.0549. The molecule has 4 rings (SSSR count). The van der Waals surface area contributed by atoms with Crippen LogP contribution in [-0.2, 0) is 9.59 Å². The molecule has 0 unspecified atom stereocenters. The highest BCUT2D eigenvalue weighted by Crippen LogP contribution is 2.34. The van der Waals surface area contributed by atoms with Gasteiger partial charge in [0.15, 0.2) is 0 Å². The van der Waals surface area contributed by atoms with Crippen LogP contribution >= 0.6 is 0 Å². The minimum atomic E-state index is -0.195. The molecule has 0 bridgehead atoms. The van der Waals surface area contributed by atoms with Gasteiger partial charge in [0.25, 0.3) is 0 Å². The fraction of sp³-hybridized carbons (Fsp3) is 0.414. The van der Waals surface area contributed by atoms with Gasteiger partial charge < -0.3 is 10.2 Å². The molecule has 1 aliphatic carbocycles. The average Bonchev–Trinajstić information content (AvgIpc) is 3.50. The maximum absolute atomic E-state index is 13.4. The number of carbonyl (C=O) groups is 2. The molecule has 1 aromatic heterocycles. The maximum Gasteiger partial charge on any atom is 0.245 e. The molecule has 2 aromatic carbocycles. The van der Waals surface area contributed by atoms with Crippen LogP contribution in [-0.4, -0.2) is 39.6 Å². The molecule has 35 heavy (non-hydrogen) atoms. The van der Waals surface area contributed by atoms with E-state index in [1.807, 2.05) is 73.1 Å². The first-order valence-electron chi connectivity index (χ1n) is 12.8. The van der Waals surface area contributed by atoms with E-state index in [9.17, 15) is 9.59 Å². The number of aromatic nitrogens is 2. The zero-order valence-corrected chi connectivity index (χ0v) is 21.1. The molecule has 1 N–H and O–H groups in total. The van der Waals surface area contributed by atoms with E-state index in [0.717, 1.165) is 66.6 Å². The number of hydrogen-bond acceptors (Lipinski definition) is 3. The van der Waals surface area contributed by atoms with Crippen molar-refractivity contribution in [3.05, 3.63) is 65.9 Å². The second-order valence-corrected chi connectivity index (χ2v) is 9.52. The van der Waals surface area contributed by atoms with Crippen molar-refractivity contribution in [2.45, 2.75) is 59.3 Å². The molecule has 0 atom stereocenters. The van der Waals surface area contributed by atoms with Gasteiger partial charge in [0, 0.05) is 18.0 Å². The molecule has 1 aliphatic rings. The van der Waals surface area contributed by atoms with Crippen LogP contribution in [0.4, 0.5) is 5.82 Å². The Bertz CT molecular complexity index is 1160. The molecule has 2 amide bonds. The van der Waals surface area contributed by atoms with Crippen LogP contribution in [0.3, 0.4) is 0 Å². The summed E-state index contributed by atoms with van der Waals surface area (Å²) in [5, 5.41) is 7.96. The summed E-state index contributed by atoms with van der Waals surface area (Å²) in [6, 6.07) is 18.0. The van der Waals surface area contributed by atoms with Crippen molar-refractivity contribution in [2.24, 2.45) is 5.92 Å². The van der Waals surface area contributed by atoms with Gasteiger partial charge in [-0.1, -0.05) is 74.7 Å². The number of nitrogens with one attached hydrogen (secondary N) is 1. The number of benzene rings is 2. The van der Waals surface area contributed by atoms with Crippen molar-refractivity contribution in [1.82, 2.24) is 14.7 Å². The lowest BCUT2D eigenvalue weighted by Crippen LogP contribution is -2.41. The Kier molecular flexibility index (Phi) is 8.01. The van der Waals surface area contributed by atoms with E-state index in [0.29, 0.717) is 12.4 Å². The van der Waals surface area contributed by atoms with Gasteiger partial charge >= 0.3 is 0 Å². The lowest BCUT2D eigenvalue weighted by Gasteiger charge is -2.25. The van der Waals surface area contributed by atoms with Crippen LogP contribution in [0.25, 0.3) is 16.8 Å². The first-order valence-corrected chi connectivity index (χ1v) is 12.8. The van der Waals surface area contributed by atoms with Gasteiger partial charge in [-0.2, -0.15) is 5.10 Å². The largest absolute Gasteiger partial charge is 0.333 e. The summed E-state index contributed by atoms with van der Waals surface area (Å²) in [5.74, 6) is 0.619. The summed E-state index contributed by atoms with van der Waals surface area (Å²) in [4.78, 5) is 28.4. The first-order chi connectivity index (χ1) is 17.0. The van der Waals surface area contributed by atoms with E-state index >= 15 is 0 Å². The Labute approximate surface area is 208 Å². The normalized spacial score (nSPS) is 13.7. The molecule has 6 heteroatoms. The van der Waals surface area contributed by atoms with Crippen molar-refractivity contribution in [3.8, 4) is 16.8 Å². The lowest BCUT2D eigenvalue weighted by molar-refractivity contribution is -0.138. The number of nitrogens with zero attached hydrogens (tertiary/aromatic N) is 3. The summed E-state index contributed by atoms with van der Waals surface area (Å²) in [6.07, 6.45) is 5.93. The topological polar surface area (TPSA) is 67.2 Å². The number of unbranched alkanes of at least 4 members (excludes halogenated alkanes) is 1. The van der Waals surface area contributed by atoms with Crippen LogP contribution in [0.5, 0.6) is 0 Å². The van der Waals surface area contributed by atoms with E-state index < -0.39 is 0 Å². The van der Waals surface area contributed by atoms with E-state index in [-0.39, 0.29) is 24.3 Å². The van der Waals surface area contributed by atoms with Crippen molar-refractivity contribution in [1.29, 1.82) is 0 Å². The molecular weight excluding hydrogens is 436 g/mol. The lowest BCUT2D eigenvalue weighted by atomic mass is 10.1. The predicted octanol–water partition coefficient (Wildman–Crippen LogP) is 5.91. The highest BCUT2D eigenvalue weighted by Gasteiger charge is 2.29. The molecule has 1 fully saturated rings. The SMILES string of the molecule is CCCCN(CC(=O)Nc1c(-c2ccccc2)c(C)nn1-c1ccccc1C)C(=O)C1CCCC1. The third-order valence-electron chi connectivity index (χ3n) is 6.86. The van der Waals surface area contributed by atoms with E-state index in [1.54, 1.807) is 4.90 Å². The van der Waals surface area contributed by atoms with Crippen LogP contribution < -0.4 is 5.32 Å². The summed E-state index contributed by atoms with van der Waals surface area (Å²) in [6.45, 7) is 6.77. The Balaban J connectivity index is 1.66. The van der Waals surface area contributed by atoms with Crippen molar-refractivity contribution < 1.29 is 9.59 Å². The van der Waals surface area contributed by atoms with Crippen LogP contribution in [0.2, 0.25) is 0 Å². The van der Waals surface area contributed by atoms with Crippen molar-refractivity contribution in [2.75, 3.05) is 18.4 Å². The van der Waals surface area contributed by atoms with Gasteiger partial charge in [0.2, 0.25) is 11.8 Å². The number of amides is 2. The second kappa shape index (κ2) is 11.3. The highest BCUT2D eigenvalue weighted by molar-refractivity contribution is 5.98. The number of para-hydroxylation sites is 1. The predicted molar refractivity (Wildman–Crippen MR) is 141 cm³/mol. The molecular formula is C29H36N4O2. The van der Waals surface area contributed by atoms with Gasteiger partial charge in [0.05, 0.1) is 17.9 Å². The molecule has 1 heterocycles. The van der Waals surface area contributed by atoms with Crippen LogP contribution in [0, 0.1) is 19.8 Å². The Hall–Kier alpha value is -3.41. The highest BCUT2D eigenvalue weighted by atomic mass is 16.2. The molecule has 0 spiro atoms. The number of carbonyl (C=O) groups excluding carboxylic acids is 2. The zero-order valence-electron chi connectivity index (χ0n) is 21.1. The van der Waals surface area contributed by atoms with Crippen molar-refractivity contribution >= 4 is 17.6 Å². The number of anilines is 1. The van der Waals surface area contributed by atoms with Crippen molar-refractivity contribution in [3.63, 3.8) is 0 Å². The second-order valence-electron chi connectivity index (χ2n) is 9.52. The smallest absolute Gasteiger partial charge is 0.245 e. The zero-order chi connectivity index (χ0) is 24.8. The Morgan fingerprint density at radius 1 is 1.03 bits per heavy atom. The Morgan fingerprint density at radius 2 is 1.71 bits per heavy atom. The van der Waals surface area contributed by atoms with Crippen LogP contribution in [0.1, 0.15) is 56.7 Å². The van der Waals surface area contributed by atoms with Gasteiger partial charge in [0.1, 0.15) is 5.82 Å². The molecule has 6 nitrogen and oxygen atoms in total. The van der Waals surface area contributed by atoms with Gasteiger partial charge in [-0.15, -0.1) is 0 Å². The first kappa shape index (κ1) is 24.7. The average molecular weight is 473 g/mol. The monoisotopic (exact) mass is 472 g/mol. The summed E-state index contributed by atoms with van der Waals surface area (Å²) < 4.78 is 1.82. The van der Waals surface area contributed by atoms with E-state index in [4.69, 9.17) is 5.10 Å². The number of rotatable bonds is 9. The standard InChI is InChI=1S/C29H36N4O2/c1-4-5-19-32(29(35)24-16-10-11-17-24)20-26(34)30-28-27(23-14-7-6-8-15-23)22(3)31-33(28)25-18-12-9-13-21(25)2/h6-9,12-15,18,24H,4-5,10-11,16-17,19-20H2,1-3H3,(H,30,34). The molecule has 184 valence electrons. The quantitative estimate of drug-likeness (QED) is 0.421. The fourth-order valence-electron chi connectivity index (χ4n) is 4.96. The van der Waals surface area contributed by atoms with Gasteiger partial charge in [-0.3, -0.25) is 9.59 Å². The van der Waals surface area contributed by atoms with E-state index in [1.165, 1.54) is 0 Å². The van der Waals surface area contributed by atoms with E-state index in [2.05, 4.69) is 12.2 Å². The third-order valence-corrected chi connectivity index (χ3v) is 6.86. The fourth-order valence-corrected chi connectivity index (χ4v) is 4.96. The number of aryl methyl sites for hydroxylation is 2. The molecule has 0 aliphatic heterocycles. The maximum atomic E-state index is 13.4. The summed E-state index contributed by atoms with van der Waals surface area (Å²) in [7, 11) is 0. The minimum Gasteiger partial charge on any atom is -0.333 e. The molecule has 3 aromatic rings. The van der Waals surface area contributed by atoms with Gasteiger partial charge in [-0.05, 0) is 50.3 Å². The molecule has 0 radical (unpaired) electrons. The third kappa shape index (κ3) is 5.64. The van der Waals surface area contributed by atoms with Gasteiger partial charge in [-0.25, -0.2) is 4.68 Å². The molecule has 0 saturated heterocycles. The Morgan fingerprint density at radius 3 is 2.40 bits per heavy atom. The number of hydrogen-bond donors (Lipinski definition) is 1. The summed E-state index contributed by atoms with van der Waals surface area (Å²) in [5.41, 5.74) is 4.69. The summed E-state index contributed by atoms with van der Waals surface area (Å²) >= 11 is 0. The molecule has 1 saturated carbocycles.